The Balaban J connectivity index is 1.76. The molecule has 0 amide bonds. The van der Waals surface area contributed by atoms with Gasteiger partial charge in [-0.15, -0.1) is 0 Å². The Morgan fingerprint density at radius 3 is 2.50 bits per heavy atom. The number of ether oxygens (including phenoxy) is 1. The van der Waals surface area contributed by atoms with Crippen molar-refractivity contribution in [3.63, 3.8) is 0 Å². The van der Waals surface area contributed by atoms with E-state index in [0.717, 1.165) is 24.0 Å². The van der Waals surface area contributed by atoms with Crippen LogP contribution in [0.15, 0.2) is 23.1 Å². The molecule has 2 N–H and O–H groups in total. The van der Waals surface area contributed by atoms with Crippen LogP contribution in [0.3, 0.4) is 0 Å². The fraction of sp³-hybridized carbons (Fsp3) is 0.636. The predicted molar refractivity (Wildman–Crippen MR) is 110 cm³/mol. The molecule has 6 heteroatoms. The van der Waals surface area contributed by atoms with Crippen molar-refractivity contribution < 1.29 is 18.3 Å². The highest BCUT2D eigenvalue weighted by Gasteiger charge is 2.48. The van der Waals surface area contributed by atoms with Crippen LogP contribution in [-0.4, -0.2) is 25.2 Å². The van der Waals surface area contributed by atoms with E-state index in [1.807, 2.05) is 18.2 Å². The van der Waals surface area contributed by atoms with Gasteiger partial charge in [0.2, 0.25) is 10.0 Å². The van der Waals surface area contributed by atoms with Gasteiger partial charge in [-0.3, -0.25) is 0 Å². The van der Waals surface area contributed by atoms with Crippen molar-refractivity contribution in [2.45, 2.75) is 83.3 Å². The molecule has 1 fully saturated rings. The van der Waals surface area contributed by atoms with Crippen LogP contribution >= 0.6 is 0 Å². The van der Waals surface area contributed by atoms with Crippen molar-refractivity contribution in [3.8, 4) is 11.5 Å². The molecule has 1 aromatic rings. The third-order valence-electron chi connectivity index (χ3n) is 6.37. The first kappa shape index (κ1) is 19.8. The zero-order chi connectivity index (χ0) is 20.5. The maximum atomic E-state index is 12.8. The number of phenols is 1. The van der Waals surface area contributed by atoms with E-state index in [1.165, 1.54) is 0 Å². The highest BCUT2D eigenvalue weighted by atomic mass is 32.2. The SMILES string of the molecule is CC(C)(C)c1cc(O)c2c(c1)OC(C)(C)[C@@H]1CC=C(S(=O)(=O)NC3CC3)C[C@@H]21. The molecule has 154 valence electrons. The zero-order valence-electron chi connectivity index (χ0n) is 17.4. The van der Waals surface area contributed by atoms with Gasteiger partial charge in [0.25, 0.3) is 0 Å². The molecule has 2 aliphatic carbocycles. The van der Waals surface area contributed by atoms with Crippen LogP contribution < -0.4 is 9.46 Å². The molecule has 2 atom stereocenters. The van der Waals surface area contributed by atoms with Crippen LogP contribution in [0.4, 0.5) is 0 Å². The smallest absolute Gasteiger partial charge is 0.236 e. The van der Waals surface area contributed by atoms with E-state index < -0.39 is 15.6 Å². The fourth-order valence-corrected chi connectivity index (χ4v) is 6.05. The number of allylic oxidation sites excluding steroid dienone is 2. The minimum Gasteiger partial charge on any atom is -0.508 e. The number of rotatable bonds is 3. The number of hydrogen-bond donors (Lipinski definition) is 2. The molecular formula is C22H31NO4S. The van der Waals surface area contributed by atoms with Crippen LogP contribution in [0.5, 0.6) is 11.5 Å². The summed E-state index contributed by atoms with van der Waals surface area (Å²) in [7, 11) is -3.47. The number of hydrogen-bond acceptors (Lipinski definition) is 4. The normalized spacial score (nSPS) is 26.7. The number of fused-ring (bicyclic) bond motifs is 3. The van der Waals surface area contributed by atoms with Gasteiger partial charge in [-0.1, -0.05) is 26.8 Å². The van der Waals surface area contributed by atoms with Gasteiger partial charge in [-0.2, -0.15) is 0 Å². The third-order valence-corrected chi connectivity index (χ3v) is 8.04. The second-order valence-electron chi connectivity index (χ2n) is 10.1. The largest absolute Gasteiger partial charge is 0.508 e. The summed E-state index contributed by atoms with van der Waals surface area (Å²) in [6.45, 7) is 10.4. The average Bonchev–Trinajstić information content (AvgIpc) is 3.35. The van der Waals surface area contributed by atoms with Gasteiger partial charge < -0.3 is 9.84 Å². The molecule has 28 heavy (non-hydrogen) atoms. The fourth-order valence-electron chi connectivity index (χ4n) is 4.51. The molecule has 4 rings (SSSR count). The van der Waals surface area contributed by atoms with Gasteiger partial charge in [-0.25, -0.2) is 13.1 Å². The molecule has 1 saturated carbocycles. The lowest BCUT2D eigenvalue weighted by molar-refractivity contribution is 0.00793. The average molecular weight is 406 g/mol. The van der Waals surface area contributed by atoms with Gasteiger partial charge in [0, 0.05) is 23.4 Å². The molecule has 0 spiro atoms. The minimum atomic E-state index is -3.47. The Kier molecular flexibility index (Phi) is 4.40. The number of nitrogens with one attached hydrogen (secondary N) is 1. The van der Waals surface area contributed by atoms with Crippen molar-refractivity contribution in [3.05, 3.63) is 34.2 Å². The quantitative estimate of drug-likeness (QED) is 0.785. The Hall–Kier alpha value is -1.53. The molecule has 0 bridgehead atoms. The first-order valence-electron chi connectivity index (χ1n) is 10.2. The summed E-state index contributed by atoms with van der Waals surface area (Å²) in [5, 5.41) is 10.9. The maximum absolute atomic E-state index is 12.8. The van der Waals surface area contributed by atoms with Gasteiger partial charge >= 0.3 is 0 Å². The van der Waals surface area contributed by atoms with E-state index in [1.54, 1.807) is 0 Å². The molecule has 1 aliphatic heterocycles. The molecular weight excluding hydrogens is 374 g/mol. The van der Waals surface area contributed by atoms with Gasteiger partial charge in [0.15, 0.2) is 0 Å². The number of benzene rings is 1. The summed E-state index contributed by atoms with van der Waals surface area (Å²) in [6, 6.07) is 3.92. The second kappa shape index (κ2) is 6.23. The molecule has 0 radical (unpaired) electrons. The molecule has 3 aliphatic rings. The van der Waals surface area contributed by atoms with Gasteiger partial charge in [0.05, 0.1) is 4.91 Å². The Bertz CT molecular complexity index is 936. The van der Waals surface area contributed by atoms with Crippen LogP contribution in [0.2, 0.25) is 0 Å². The summed E-state index contributed by atoms with van der Waals surface area (Å²) in [6.07, 6.45) is 4.70. The Labute approximate surface area is 168 Å². The summed E-state index contributed by atoms with van der Waals surface area (Å²) in [5.74, 6) is 0.932. The van der Waals surface area contributed by atoms with Crippen molar-refractivity contribution in [2.24, 2.45) is 5.92 Å². The van der Waals surface area contributed by atoms with Gasteiger partial charge in [-0.05, 0) is 62.6 Å². The van der Waals surface area contributed by atoms with E-state index in [9.17, 15) is 13.5 Å². The minimum absolute atomic E-state index is 0.0800. The lowest BCUT2D eigenvalue weighted by atomic mass is 9.68. The summed E-state index contributed by atoms with van der Waals surface area (Å²) >= 11 is 0. The standard InChI is InChI=1S/C22H31NO4S/c1-21(2,3)13-10-18(24)20-16-12-15(28(25,26)23-14-6-7-14)8-9-17(16)22(4,5)27-19(20)11-13/h8,10-11,14,16-17,23-24H,6-7,9,12H2,1-5H3/t16-,17-/m1/s1. The highest BCUT2D eigenvalue weighted by molar-refractivity contribution is 7.93. The van der Waals surface area contributed by atoms with E-state index in [0.29, 0.717) is 23.5 Å². The molecule has 0 unspecified atom stereocenters. The van der Waals surface area contributed by atoms with Crippen LogP contribution in [0, 0.1) is 5.92 Å². The highest BCUT2D eigenvalue weighted by Crippen LogP contribution is 2.55. The van der Waals surface area contributed by atoms with Crippen molar-refractivity contribution in [1.29, 1.82) is 0 Å². The first-order valence-corrected chi connectivity index (χ1v) is 11.6. The summed E-state index contributed by atoms with van der Waals surface area (Å²) in [4.78, 5) is 0.448. The van der Waals surface area contributed by atoms with E-state index in [2.05, 4.69) is 39.3 Å². The van der Waals surface area contributed by atoms with E-state index in [4.69, 9.17) is 4.74 Å². The Morgan fingerprint density at radius 2 is 1.89 bits per heavy atom. The molecule has 1 heterocycles. The van der Waals surface area contributed by atoms with Crippen LogP contribution in [-0.2, 0) is 15.4 Å². The molecule has 1 aromatic carbocycles. The van der Waals surface area contributed by atoms with Crippen molar-refractivity contribution in [1.82, 2.24) is 4.72 Å². The second-order valence-corrected chi connectivity index (χ2v) is 11.8. The summed E-state index contributed by atoms with van der Waals surface area (Å²) < 4.78 is 34.7. The maximum Gasteiger partial charge on any atom is 0.236 e. The molecule has 0 aromatic heterocycles. The lowest BCUT2D eigenvalue weighted by Gasteiger charge is -2.47. The zero-order valence-corrected chi connectivity index (χ0v) is 18.2. The molecule has 5 nitrogen and oxygen atoms in total. The van der Waals surface area contributed by atoms with E-state index >= 15 is 0 Å². The monoisotopic (exact) mass is 405 g/mol. The third kappa shape index (κ3) is 3.45. The topological polar surface area (TPSA) is 75.6 Å². The first-order chi connectivity index (χ1) is 12.9. The van der Waals surface area contributed by atoms with E-state index in [-0.39, 0.29) is 29.0 Å². The number of phenolic OH excluding ortho intramolecular Hbond substituents is 1. The van der Waals surface area contributed by atoms with Gasteiger partial charge in [0.1, 0.15) is 17.1 Å². The lowest BCUT2D eigenvalue weighted by Crippen LogP contribution is -2.46. The van der Waals surface area contributed by atoms with Crippen LogP contribution in [0.1, 0.15) is 77.3 Å². The number of aromatic hydroxyl groups is 1. The van der Waals surface area contributed by atoms with Crippen molar-refractivity contribution in [2.75, 3.05) is 0 Å². The van der Waals surface area contributed by atoms with Crippen molar-refractivity contribution >= 4 is 10.0 Å². The van der Waals surface area contributed by atoms with Crippen LogP contribution in [0.25, 0.3) is 0 Å². The molecule has 0 saturated heterocycles. The predicted octanol–water partition coefficient (Wildman–Crippen LogP) is 4.32. The summed E-state index contributed by atoms with van der Waals surface area (Å²) in [5.41, 5.74) is 1.21. The Morgan fingerprint density at radius 1 is 1.21 bits per heavy atom. The number of sulfonamides is 1.